The van der Waals surface area contributed by atoms with Crippen LogP contribution in [0.2, 0.25) is 0 Å². The van der Waals surface area contributed by atoms with Crippen molar-refractivity contribution in [1.82, 2.24) is 5.32 Å². The van der Waals surface area contributed by atoms with Crippen molar-refractivity contribution in [3.05, 3.63) is 35.9 Å². The summed E-state index contributed by atoms with van der Waals surface area (Å²) in [6, 6.07) is 10.2. The van der Waals surface area contributed by atoms with E-state index in [1.807, 2.05) is 18.2 Å². The van der Waals surface area contributed by atoms with Crippen LogP contribution in [0.25, 0.3) is 0 Å². The van der Waals surface area contributed by atoms with Crippen molar-refractivity contribution in [2.45, 2.75) is 62.3 Å². The number of hydrogen-bond acceptors (Lipinski definition) is 2. The van der Waals surface area contributed by atoms with Crippen LogP contribution in [0.1, 0.15) is 56.9 Å². The number of amides is 1. The highest BCUT2D eigenvalue weighted by Crippen LogP contribution is 2.42. The van der Waals surface area contributed by atoms with E-state index in [1.54, 1.807) is 0 Å². The number of rotatable bonds is 4. The monoisotopic (exact) mass is 287 g/mol. The summed E-state index contributed by atoms with van der Waals surface area (Å²) < 4.78 is 0. The number of nitrogens with one attached hydrogen (secondary N) is 1. The summed E-state index contributed by atoms with van der Waals surface area (Å²) >= 11 is 0. The first-order valence-corrected chi connectivity index (χ1v) is 8.20. The van der Waals surface area contributed by atoms with Gasteiger partial charge in [-0.3, -0.25) is 4.79 Å². The van der Waals surface area contributed by atoms with Crippen molar-refractivity contribution in [2.75, 3.05) is 6.61 Å². The van der Waals surface area contributed by atoms with Crippen molar-refractivity contribution in [1.29, 1.82) is 0 Å². The second kappa shape index (κ2) is 5.80. The maximum Gasteiger partial charge on any atom is 0.231 e. The Morgan fingerprint density at radius 2 is 1.57 bits per heavy atom. The van der Waals surface area contributed by atoms with Gasteiger partial charge in [-0.1, -0.05) is 56.0 Å². The number of carbonyl (C=O) groups is 1. The van der Waals surface area contributed by atoms with Gasteiger partial charge in [0.25, 0.3) is 0 Å². The molecule has 1 amide bonds. The average molecular weight is 287 g/mol. The van der Waals surface area contributed by atoms with Gasteiger partial charge in [0, 0.05) is 0 Å². The van der Waals surface area contributed by atoms with E-state index in [4.69, 9.17) is 0 Å². The van der Waals surface area contributed by atoms with E-state index >= 15 is 0 Å². The highest BCUT2D eigenvalue weighted by molar-refractivity contribution is 5.89. The first-order chi connectivity index (χ1) is 10.2. The molecule has 3 rings (SSSR count). The van der Waals surface area contributed by atoms with E-state index in [-0.39, 0.29) is 23.5 Å². The molecule has 2 fully saturated rings. The van der Waals surface area contributed by atoms with Crippen LogP contribution in [0, 0.1) is 0 Å². The molecule has 1 aromatic rings. The van der Waals surface area contributed by atoms with Crippen molar-refractivity contribution in [3.63, 3.8) is 0 Å². The minimum absolute atomic E-state index is 0.0591. The molecule has 21 heavy (non-hydrogen) atoms. The molecule has 0 aliphatic heterocycles. The van der Waals surface area contributed by atoms with E-state index in [1.165, 1.54) is 0 Å². The van der Waals surface area contributed by atoms with Gasteiger partial charge < -0.3 is 10.4 Å². The summed E-state index contributed by atoms with van der Waals surface area (Å²) in [5.74, 6) is 0.127. The minimum Gasteiger partial charge on any atom is -0.394 e. The normalized spacial score (nSPS) is 23.1. The molecule has 0 bridgehead atoms. The van der Waals surface area contributed by atoms with Crippen LogP contribution >= 0.6 is 0 Å². The Balaban J connectivity index is 1.86. The number of carbonyl (C=O) groups excluding carboxylic acids is 1. The Labute approximate surface area is 126 Å². The molecule has 0 spiro atoms. The van der Waals surface area contributed by atoms with Gasteiger partial charge in [0.05, 0.1) is 17.6 Å². The van der Waals surface area contributed by atoms with E-state index in [9.17, 15) is 9.90 Å². The van der Waals surface area contributed by atoms with Gasteiger partial charge in [0.15, 0.2) is 0 Å². The van der Waals surface area contributed by atoms with Crippen LogP contribution in [0.4, 0.5) is 0 Å². The summed E-state index contributed by atoms with van der Waals surface area (Å²) in [4.78, 5) is 13.1. The molecule has 2 saturated carbocycles. The lowest BCUT2D eigenvalue weighted by Crippen LogP contribution is -2.55. The third-order valence-corrected chi connectivity index (χ3v) is 5.46. The van der Waals surface area contributed by atoms with E-state index in [0.29, 0.717) is 0 Å². The molecule has 0 saturated heterocycles. The number of hydrogen-bond donors (Lipinski definition) is 2. The summed E-state index contributed by atoms with van der Waals surface area (Å²) in [6.45, 7) is 0.0591. The number of aliphatic hydroxyl groups is 1. The molecule has 114 valence electrons. The van der Waals surface area contributed by atoms with Crippen molar-refractivity contribution < 1.29 is 9.90 Å². The van der Waals surface area contributed by atoms with Crippen LogP contribution in [0.5, 0.6) is 0 Å². The first kappa shape index (κ1) is 14.6. The first-order valence-electron chi connectivity index (χ1n) is 8.20. The zero-order chi connectivity index (χ0) is 14.8. The average Bonchev–Trinajstić information content (AvgIpc) is 3.18. The number of aliphatic hydroxyl groups excluding tert-OH is 1. The third-order valence-electron chi connectivity index (χ3n) is 5.46. The number of benzene rings is 1. The molecule has 2 aliphatic rings. The molecule has 3 nitrogen and oxygen atoms in total. The Bertz CT molecular complexity index is 485. The van der Waals surface area contributed by atoms with Crippen LogP contribution in [-0.2, 0) is 10.2 Å². The second-order valence-electron chi connectivity index (χ2n) is 6.75. The Hall–Kier alpha value is -1.35. The molecule has 0 radical (unpaired) electrons. The van der Waals surface area contributed by atoms with E-state index in [0.717, 1.165) is 56.9 Å². The predicted molar refractivity (Wildman–Crippen MR) is 83.0 cm³/mol. The lowest BCUT2D eigenvalue weighted by atomic mass is 9.77. The molecule has 3 heteroatoms. The highest BCUT2D eigenvalue weighted by atomic mass is 16.3. The smallest absolute Gasteiger partial charge is 0.231 e. The SMILES string of the molecule is O=C(NC1(CO)CCCC1)C1(c2ccccc2)CCCC1. The minimum atomic E-state index is -0.383. The van der Waals surface area contributed by atoms with Gasteiger partial charge in [0.1, 0.15) is 0 Å². The standard InChI is InChI=1S/C18H25NO2/c20-14-17(10-4-5-11-17)19-16(21)18(12-6-7-13-18)15-8-2-1-3-9-15/h1-3,8-9,20H,4-7,10-14H2,(H,19,21). The fourth-order valence-corrected chi connectivity index (χ4v) is 4.12. The molecule has 2 aliphatic carbocycles. The molecular weight excluding hydrogens is 262 g/mol. The van der Waals surface area contributed by atoms with E-state index in [2.05, 4.69) is 17.4 Å². The molecule has 2 N–H and O–H groups in total. The summed E-state index contributed by atoms with van der Waals surface area (Å²) in [7, 11) is 0. The van der Waals surface area contributed by atoms with Crippen molar-refractivity contribution >= 4 is 5.91 Å². The highest BCUT2D eigenvalue weighted by Gasteiger charge is 2.46. The predicted octanol–water partition coefficient (Wildman–Crippen LogP) is 2.92. The Morgan fingerprint density at radius 1 is 1.00 bits per heavy atom. The summed E-state index contributed by atoms with van der Waals surface area (Å²) in [5.41, 5.74) is 0.374. The fraction of sp³-hybridized carbons (Fsp3) is 0.611. The summed E-state index contributed by atoms with van der Waals surface area (Å²) in [6.07, 6.45) is 8.05. The Morgan fingerprint density at radius 3 is 2.14 bits per heavy atom. The van der Waals surface area contributed by atoms with Gasteiger partial charge in [-0.2, -0.15) is 0 Å². The van der Waals surface area contributed by atoms with Gasteiger partial charge in [-0.05, 0) is 31.2 Å². The van der Waals surface area contributed by atoms with E-state index < -0.39 is 0 Å². The molecule has 0 unspecified atom stereocenters. The van der Waals surface area contributed by atoms with Crippen molar-refractivity contribution in [2.24, 2.45) is 0 Å². The van der Waals surface area contributed by atoms with Crippen LogP contribution < -0.4 is 5.32 Å². The van der Waals surface area contributed by atoms with Crippen molar-refractivity contribution in [3.8, 4) is 0 Å². The molecule has 0 aromatic heterocycles. The topological polar surface area (TPSA) is 49.3 Å². The van der Waals surface area contributed by atoms with Crippen LogP contribution in [-0.4, -0.2) is 23.2 Å². The zero-order valence-electron chi connectivity index (χ0n) is 12.6. The van der Waals surface area contributed by atoms with Crippen LogP contribution in [0.3, 0.4) is 0 Å². The molecular formula is C18H25NO2. The van der Waals surface area contributed by atoms with Gasteiger partial charge >= 0.3 is 0 Å². The fourth-order valence-electron chi connectivity index (χ4n) is 4.12. The van der Waals surface area contributed by atoms with Gasteiger partial charge in [-0.25, -0.2) is 0 Å². The van der Waals surface area contributed by atoms with Crippen LogP contribution in [0.15, 0.2) is 30.3 Å². The maximum atomic E-state index is 13.1. The second-order valence-corrected chi connectivity index (χ2v) is 6.75. The lowest BCUT2D eigenvalue weighted by molar-refractivity contribution is -0.129. The molecule has 0 atom stereocenters. The maximum absolute atomic E-state index is 13.1. The zero-order valence-corrected chi connectivity index (χ0v) is 12.6. The third kappa shape index (κ3) is 2.59. The molecule has 0 heterocycles. The largest absolute Gasteiger partial charge is 0.394 e. The van der Waals surface area contributed by atoms with Gasteiger partial charge in [-0.15, -0.1) is 0 Å². The quantitative estimate of drug-likeness (QED) is 0.894. The lowest BCUT2D eigenvalue weighted by Gasteiger charge is -2.35. The summed E-state index contributed by atoms with van der Waals surface area (Å²) in [5, 5.41) is 13.0. The van der Waals surface area contributed by atoms with Gasteiger partial charge in [0.2, 0.25) is 5.91 Å². The Kier molecular flexibility index (Phi) is 4.03. The molecule has 1 aromatic carbocycles.